The fourth-order valence-corrected chi connectivity index (χ4v) is 3.26. The zero-order valence-electron chi connectivity index (χ0n) is 16.4. The number of para-hydroxylation sites is 1. The van der Waals surface area contributed by atoms with E-state index in [-0.39, 0.29) is 12.4 Å². The number of aryl methyl sites for hydroxylation is 1. The molecule has 1 heterocycles. The molecule has 7 heteroatoms. The third-order valence-electron chi connectivity index (χ3n) is 4.11. The van der Waals surface area contributed by atoms with Crippen molar-refractivity contribution in [2.75, 3.05) is 12.0 Å². The molecule has 0 fully saturated rings. The van der Waals surface area contributed by atoms with E-state index >= 15 is 0 Å². The number of thiazole rings is 1. The van der Waals surface area contributed by atoms with Gasteiger partial charge in [-0.15, -0.1) is 11.3 Å². The Labute approximate surface area is 174 Å². The van der Waals surface area contributed by atoms with E-state index in [1.165, 1.54) is 16.9 Å². The molecule has 3 rings (SSSR count). The Morgan fingerprint density at radius 1 is 1.21 bits per heavy atom. The Hall–Kier alpha value is -3.19. The number of carbonyl (C=O) groups is 1. The number of rotatable bonds is 9. The van der Waals surface area contributed by atoms with Gasteiger partial charge < -0.3 is 9.47 Å². The van der Waals surface area contributed by atoms with E-state index in [0.717, 1.165) is 16.9 Å². The molecule has 0 atom stereocenters. The summed E-state index contributed by atoms with van der Waals surface area (Å²) in [6.45, 7) is 4.71. The number of hydrogen-bond acceptors (Lipinski definition) is 7. The summed E-state index contributed by atoms with van der Waals surface area (Å²) in [6.07, 6.45) is 1.85. The largest absolute Gasteiger partial charge is 0.488 e. The molecule has 0 radical (unpaired) electrons. The molecule has 0 saturated carbocycles. The van der Waals surface area contributed by atoms with Crippen molar-refractivity contribution >= 4 is 28.7 Å². The van der Waals surface area contributed by atoms with Gasteiger partial charge in [-0.05, 0) is 37.1 Å². The van der Waals surface area contributed by atoms with Gasteiger partial charge in [-0.3, -0.25) is 10.2 Å². The zero-order valence-corrected chi connectivity index (χ0v) is 17.2. The monoisotopic (exact) mass is 409 g/mol. The maximum absolute atomic E-state index is 11.5. The van der Waals surface area contributed by atoms with Crippen molar-refractivity contribution in [2.24, 2.45) is 5.10 Å². The predicted octanol–water partition coefficient (Wildman–Crippen LogP) is 4.58. The van der Waals surface area contributed by atoms with Gasteiger partial charge in [0.2, 0.25) is 5.13 Å². The normalized spacial score (nSPS) is 10.8. The molecule has 1 N–H and O–H groups in total. The molecule has 6 nitrogen and oxygen atoms in total. The van der Waals surface area contributed by atoms with Gasteiger partial charge in [-0.25, -0.2) is 4.98 Å². The standard InChI is InChI=1S/C22H23N3O3S/c1-3-27-21(26)12-19-15-29-22(24-19)25-23-13-17-9-6-7-11-20(17)28-14-18-10-5-4-8-16(18)2/h4-11,13,15H,3,12,14H2,1-2H3,(H,24,25). The number of hydrazone groups is 1. The first kappa shape index (κ1) is 20.5. The first-order valence-electron chi connectivity index (χ1n) is 9.31. The molecule has 0 aliphatic carbocycles. The smallest absolute Gasteiger partial charge is 0.311 e. The molecular weight excluding hydrogens is 386 g/mol. The summed E-state index contributed by atoms with van der Waals surface area (Å²) in [5.74, 6) is 0.469. The predicted molar refractivity (Wildman–Crippen MR) is 116 cm³/mol. The van der Waals surface area contributed by atoms with Crippen LogP contribution in [0.5, 0.6) is 5.75 Å². The average Bonchev–Trinajstić information content (AvgIpc) is 3.15. The highest BCUT2D eigenvalue weighted by atomic mass is 32.1. The van der Waals surface area contributed by atoms with Crippen LogP contribution in [0, 0.1) is 6.92 Å². The van der Waals surface area contributed by atoms with E-state index in [4.69, 9.17) is 9.47 Å². The molecule has 2 aromatic carbocycles. The maximum Gasteiger partial charge on any atom is 0.311 e. The highest BCUT2D eigenvalue weighted by Crippen LogP contribution is 2.20. The van der Waals surface area contributed by atoms with E-state index < -0.39 is 0 Å². The van der Waals surface area contributed by atoms with Crippen molar-refractivity contribution in [1.82, 2.24) is 4.98 Å². The number of aromatic nitrogens is 1. The molecule has 29 heavy (non-hydrogen) atoms. The van der Waals surface area contributed by atoms with E-state index in [2.05, 4.69) is 34.6 Å². The molecule has 0 aliphatic rings. The van der Waals surface area contributed by atoms with Gasteiger partial charge in [0.15, 0.2) is 0 Å². The summed E-state index contributed by atoms with van der Waals surface area (Å²) in [7, 11) is 0. The van der Waals surface area contributed by atoms with E-state index in [9.17, 15) is 4.79 Å². The van der Waals surface area contributed by atoms with Gasteiger partial charge in [-0.2, -0.15) is 5.10 Å². The molecule has 0 bridgehead atoms. The molecule has 0 unspecified atom stereocenters. The molecule has 3 aromatic rings. The van der Waals surface area contributed by atoms with Gasteiger partial charge in [0.25, 0.3) is 0 Å². The van der Waals surface area contributed by atoms with Crippen LogP contribution in [0.4, 0.5) is 5.13 Å². The summed E-state index contributed by atoms with van der Waals surface area (Å²) >= 11 is 1.38. The van der Waals surface area contributed by atoms with Crippen molar-refractivity contribution in [2.45, 2.75) is 26.9 Å². The lowest BCUT2D eigenvalue weighted by Crippen LogP contribution is -2.07. The van der Waals surface area contributed by atoms with E-state index in [0.29, 0.717) is 24.0 Å². The van der Waals surface area contributed by atoms with Crippen molar-refractivity contribution in [3.8, 4) is 5.75 Å². The lowest BCUT2D eigenvalue weighted by atomic mass is 10.1. The number of esters is 1. The van der Waals surface area contributed by atoms with Crippen LogP contribution in [-0.2, 0) is 22.6 Å². The quantitative estimate of drug-likeness (QED) is 0.318. The highest BCUT2D eigenvalue weighted by molar-refractivity contribution is 7.13. The minimum Gasteiger partial charge on any atom is -0.488 e. The van der Waals surface area contributed by atoms with E-state index in [1.807, 2.05) is 41.8 Å². The first-order valence-corrected chi connectivity index (χ1v) is 10.2. The van der Waals surface area contributed by atoms with Crippen LogP contribution in [0.2, 0.25) is 0 Å². The van der Waals surface area contributed by atoms with Gasteiger partial charge in [-0.1, -0.05) is 36.4 Å². The average molecular weight is 410 g/mol. The second kappa shape index (κ2) is 10.4. The van der Waals surface area contributed by atoms with Crippen LogP contribution in [0.25, 0.3) is 0 Å². The second-order valence-corrected chi connectivity index (χ2v) is 7.11. The minimum absolute atomic E-state index is 0.158. The Kier molecular flexibility index (Phi) is 7.35. The SMILES string of the molecule is CCOC(=O)Cc1csc(NN=Cc2ccccc2OCc2ccccc2C)n1. The Morgan fingerprint density at radius 3 is 2.83 bits per heavy atom. The first-order chi connectivity index (χ1) is 14.2. The van der Waals surface area contributed by atoms with Crippen LogP contribution in [-0.4, -0.2) is 23.8 Å². The van der Waals surface area contributed by atoms with Gasteiger partial charge >= 0.3 is 5.97 Å². The fourth-order valence-electron chi connectivity index (χ4n) is 2.60. The van der Waals surface area contributed by atoms with Gasteiger partial charge in [0.05, 0.1) is 24.9 Å². The number of hydrogen-bond donors (Lipinski definition) is 1. The minimum atomic E-state index is -0.285. The summed E-state index contributed by atoms with van der Waals surface area (Å²) in [4.78, 5) is 15.9. The Morgan fingerprint density at radius 2 is 2.00 bits per heavy atom. The van der Waals surface area contributed by atoms with Gasteiger partial charge in [0, 0.05) is 10.9 Å². The van der Waals surface area contributed by atoms with E-state index in [1.54, 1.807) is 13.1 Å². The zero-order chi connectivity index (χ0) is 20.5. The molecule has 0 amide bonds. The number of nitrogens with one attached hydrogen (secondary N) is 1. The highest BCUT2D eigenvalue weighted by Gasteiger charge is 2.08. The number of nitrogens with zero attached hydrogens (tertiary/aromatic N) is 2. The molecule has 0 spiro atoms. The molecule has 150 valence electrons. The fraction of sp³-hybridized carbons (Fsp3) is 0.227. The van der Waals surface area contributed by atoms with Crippen LogP contribution in [0.3, 0.4) is 0 Å². The Bertz CT molecular complexity index is 985. The third kappa shape index (κ3) is 6.15. The number of carbonyl (C=O) groups excluding carboxylic acids is 1. The van der Waals surface area contributed by atoms with Crippen molar-refractivity contribution in [3.63, 3.8) is 0 Å². The number of ether oxygens (including phenoxy) is 2. The molecule has 0 aliphatic heterocycles. The number of benzene rings is 2. The van der Waals surface area contributed by atoms with Crippen molar-refractivity contribution in [3.05, 3.63) is 76.3 Å². The summed E-state index contributed by atoms with van der Waals surface area (Å²) in [5.41, 5.74) is 6.76. The molecule has 1 aromatic heterocycles. The van der Waals surface area contributed by atoms with Crippen LogP contribution in [0.15, 0.2) is 59.0 Å². The van der Waals surface area contributed by atoms with Crippen LogP contribution < -0.4 is 10.2 Å². The Balaban J connectivity index is 1.59. The molecular formula is C22H23N3O3S. The maximum atomic E-state index is 11.5. The summed E-state index contributed by atoms with van der Waals surface area (Å²) in [5, 5.41) is 6.67. The lowest BCUT2D eigenvalue weighted by molar-refractivity contribution is -0.142. The van der Waals surface area contributed by atoms with Crippen molar-refractivity contribution in [1.29, 1.82) is 0 Å². The summed E-state index contributed by atoms with van der Waals surface area (Å²) < 4.78 is 10.9. The van der Waals surface area contributed by atoms with Crippen molar-refractivity contribution < 1.29 is 14.3 Å². The van der Waals surface area contributed by atoms with Crippen LogP contribution >= 0.6 is 11.3 Å². The lowest BCUT2D eigenvalue weighted by Gasteiger charge is -2.10. The number of anilines is 1. The van der Waals surface area contributed by atoms with Gasteiger partial charge in [0.1, 0.15) is 12.4 Å². The molecule has 0 saturated heterocycles. The van der Waals surface area contributed by atoms with Crippen LogP contribution in [0.1, 0.15) is 29.3 Å². The second-order valence-electron chi connectivity index (χ2n) is 6.25. The summed E-state index contributed by atoms with van der Waals surface area (Å²) in [6, 6.07) is 15.9. The topological polar surface area (TPSA) is 72.8 Å². The third-order valence-corrected chi connectivity index (χ3v) is 4.91.